The van der Waals surface area contributed by atoms with Gasteiger partial charge in [0, 0.05) is 10.7 Å². The number of halogens is 1. The SMILES string of the molecule is Cc1ccc(CC(=O)Nc2ccc3nc(-c4ccco4)[nH]c3c2)c(Cl)c1. The molecule has 0 aliphatic rings. The standard InChI is InChI=1S/C20H16ClN3O2/c1-12-4-5-13(15(21)9-12)10-19(25)22-14-6-7-16-17(11-14)24-20(23-16)18-3-2-8-26-18/h2-9,11H,10H2,1H3,(H,22,25)(H,23,24). The molecule has 6 heteroatoms. The van der Waals surface area contributed by atoms with Gasteiger partial charge in [0.05, 0.1) is 23.7 Å². The maximum absolute atomic E-state index is 12.3. The van der Waals surface area contributed by atoms with Crippen molar-refractivity contribution in [2.45, 2.75) is 13.3 Å². The number of carbonyl (C=O) groups is 1. The van der Waals surface area contributed by atoms with Gasteiger partial charge in [-0.1, -0.05) is 23.7 Å². The molecule has 5 nitrogen and oxygen atoms in total. The Hall–Kier alpha value is -3.05. The van der Waals surface area contributed by atoms with E-state index in [1.54, 1.807) is 6.26 Å². The Bertz CT molecular complexity index is 1080. The Kier molecular flexibility index (Phi) is 4.22. The van der Waals surface area contributed by atoms with Crippen molar-refractivity contribution in [2.75, 3.05) is 5.32 Å². The normalized spacial score (nSPS) is 11.0. The summed E-state index contributed by atoms with van der Waals surface area (Å²) < 4.78 is 5.35. The van der Waals surface area contributed by atoms with Crippen molar-refractivity contribution in [2.24, 2.45) is 0 Å². The molecule has 1 amide bonds. The van der Waals surface area contributed by atoms with Crippen LogP contribution in [0.3, 0.4) is 0 Å². The van der Waals surface area contributed by atoms with Crippen LogP contribution in [0.5, 0.6) is 0 Å². The summed E-state index contributed by atoms with van der Waals surface area (Å²) in [4.78, 5) is 20.0. The molecular formula is C20H16ClN3O2. The molecule has 0 saturated carbocycles. The second-order valence-electron chi connectivity index (χ2n) is 6.11. The predicted octanol–water partition coefficient (Wildman–Crippen LogP) is 4.97. The van der Waals surface area contributed by atoms with Crippen LogP contribution in [-0.2, 0) is 11.2 Å². The van der Waals surface area contributed by atoms with E-state index in [1.807, 2.05) is 55.5 Å². The molecule has 0 spiro atoms. The van der Waals surface area contributed by atoms with E-state index in [1.165, 1.54) is 0 Å². The number of hydrogen-bond donors (Lipinski definition) is 2. The lowest BCUT2D eigenvalue weighted by Gasteiger charge is -2.07. The van der Waals surface area contributed by atoms with Crippen LogP contribution in [-0.4, -0.2) is 15.9 Å². The van der Waals surface area contributed by atoms with E-state index >= 15 is 0 Å². The zero-order valence-corrected chi connectivity index (χ0v) is 14.8. The highest BCUT2D eigenvalue weighted by molar-refractivity contribution is 6.31. The third kappa shape index (κ3) is 3.34. The summed E-state index contributed by atoms with van der Waals surface area (Å²) >= 11 is 6.20. The molecule has 0 saturated heterocycles. The van der Waals surface area contributed by atoms with Crippen LogP contribution in [0.25, 0.3) is 22.6 Å². The Morgan fingerprint density at radius 1 is 1.23 bits per heavy atom. The topological polar surface area (TPSA) is 70.9 Å². The lowest BCUT2D eigenvalue weighted by molar-refractivity contribution is -0.115. The van der Waals surface area contributed by atoms with Crippen LogP contribution < -0.4 is 5.32 Å². The summed E-state index contributed by atoms with van der Waals surface area (Å²) in [6.45, 7) is 1.96. The first kappa shape index (κ1) is 16.4. The number of aryl methyl sites for hydroxylation is 1. The van der Waals surface area contributed by atoms with Gasteiger partial charge in [-0.25, -0.2) is 4.98 Å². The average molecular weight is 366 g/mol. The molecule has 0 atom stereocenters. The fourth-order valence-corrected chi connectivity index (χ4v) is 3.09. The maximum Gasteiger partial charge on any atom is 0.228 e. The number of amides is 1. The third-order valence-corrected chi connectivity index (χ3v) is 4.43. The molecule has 2 heterocycles. The van der Waals surface area contributed by atoms with Gasteiger partial charge in [-0.2, -0.15) is 0 Å². The number of furan rings is 1. The molecule has 4 aromatic rings. The number of rotatable bonds is 4. The quantitative estimate of drug-likeness (QED) is 0.536. The van der Waals surface area contributed by atoms with Gasteiger partial charge in [0.15, 0.2) is 11.6 Å². The lowest BCUT2D eigenvalue weighted by Crippen LogP contribution is -2.14. The van der Waals surface area contributed by atoms with Crippen molar-refractivity contribution in [3.05, 3.63) is 70.9 Å². The second kappa shape index (κ2) is 6.69. The van der Waals surface area contributed by atoms with Gasteiger partial charge >= 0.3 is 0 Å². The third-order valence-electron chi connectivity index (χ3n) is 4.08. The number of carbonyl (C=O) groups excluding carboxylic acids is 1. The van der Waals surface area contributed by atoms with Crippen LogP contribution in [0.15, 0.2) is 59.2 Å². The van der Waals surface area contributed by atoms with Crippen molar-refractivity contribution in [3.8, 4) is 11.6 Å². The predicted molar refractivity (Wildman–Crippen MR) is 102 cm³/mol. The number of nitrogens with one attached hydrogen (secondary N) is 2. The molecule has 130 valence electrons. The first-order valence-corrected chi connectivity index (χ1v) is 8.55. The zero-order chi connectivity index (χ0) is 18.1. The minimum Gasteiger partial charge on any atom is -0.461 e. The smallest absolute Gasteiger partial charge is 0.228 e. The number of benzene rings is 2. The van der Waals surface area contributed by atoms with Gasteiger partial charge in [-0.3, -0.25) is 4.79 Å². The van der Waals surface area contributed by atoms with E-state index in [0.29, 0.717) is 22.3 Å². The Labute approximate surface area is 155 Å². The number of H-pyrrole nitrogens is 1. The molecule has 26 heavy (non-hydrogen) atoms. The molecule has 0 fully saturated rings. The van der Waals surface area contributed by atoms with Crippen molar-refractivity contribution >= 4 is 34.2 Å². The van der Waals surface area contributed by atoms with E-state index in [9.17, 15) is 4.79 Å². The van der Waals surface area contributed by atoms with Crippen LogP contribution >= 0.6 is 11.6 Å². The first-order valence-electron chi connectivity index (χ1n) is 8.17. The number of hydrogen-bond acceptors (Lipinski definition) is 3. The van der Waals surface area contributed by atoms with Gasteiger partial charge < -0.3 is 14.7 Å². The molecule has 0 bridgehead atoms. The van der Waals surface area contributed by atoms with Gasteiger partial charge in [0.2, 0.25) is 5.91 Å². The number of aromatic amines is 1. The number of fused-ring (bicyclic) bond motifs is 1. The van der Waals surface area contributed by atoms with Crippen LogP contribution in [0.2, 0.25) is 5.02 Å². The minimum absolute atomic E-state index is 0.124. The monoisotopic (exact) mass is 365 g/mol. The number of imidazole rings is 1. The molecule has 0 aliphatic heterocycles. The fraction of sp³-hybridized carbons (Fsp3) is 0.100. The number of anilines is 1. The largest absolute Gasteiger partial charge is 0.461 e. The molecular weight excluding hydrogens is 350 g/mol. The van der Waals surface area contributed by atoms with Gasteiger partial charge in [-0.15, -0.1) is 0 Å². The molecule has 4 rings (SSSR count). The van der Waals surface area contributed by atoms with E-state index in [4.69, 9.17) is 16.0 Å². The molecule has 2 aromatic heterocycles. The summed E-state index contributed by atoms with van der Waals surface area (Å²) in [5.74, 6) is 1.20. The highest BCUT2D eigenvalue weighted by Gasteiger charge is 2.11. The van der Waals surface area contributed by atoms with E-state index < -0.39 is 0 Å². The summed E-state index contributed by atoms with van der Waals surface area (Å²) in [7, 11) is 0. The Balaban J connectivity index is 1.52. The maximum atomic E-state index is 12.3. The van der Waals surface area contributed by atoms with Gasteiger partial charge in [0.1, 0.15) is 0 Å². The Morgan fingerprint density at radius 2 is 2.12 bits per heavy atom. The van der Waals surface area contributed by atoms with Crippen LogP contribution in [0.1, 0.15) is 11.1 Å². The van der Waals surface area contributed by atoms with Crippen molar-refractivity contribution < 1.29 is 9.21 Å². The second-order valence-corrected chi connectivity index (χ2v) is 6.52. The highest BCUT2D eigenvalue weighted by Crippen LogP contribution is 2.24. The van der Waals surface area contributed by atoms with Gasteiger partial charge in [-0.05, 0) is 54.4 Å². The minimum atomic E-state index is -0.124. The van der Waals surface area contributed by atoms with Gasteiger partial charge in [0.25, 0.3) is 0 Å². The van der Waals surface area contributed by atoms with Crippen molar-refractivity contribution in [3.63, 3.8) is 0 Å². The van der Waals surface area contributed by atoms with Crippen molar-refractivity contribution in [1.82, 2.24) is 9.97 Å². The zero-order valence-electron chi connectivity index (χ0n) is 14.0. The summed E-state index contributed by atoms with van der Waals surface area (Å²) in [5.41, 5.74) is 4.19. The molecule has 2 N–H and O–H groups in total. The molecule has 0 radical (unpaired) electrons. The summed E-state index contributed by atoms with van der Waals surface area (Å²) in [6.07, 6.45) is 1.82. The fourth-order valence-electron chi connectivity index (χ4n) is 2.79. The van der Waals surface area contributed by atoms with Crippen molar-refractivity contribution in [1.29, 1.82) is 0 Å². The van der Waals surface area contributed by atoms with Crippen LogP contribution in [0, 0.1) is 6.92 Å². The highest BCUT2D eigenvalue weighted by atomic mass is 35.5. The van der Waals surface area contributed by atoms with E-state index in [2.05, 4.69) is 15.3 Å². The van der Waals surface area contributed by atoms with E-state index in [0.717, 1.165) is 22.2 Å². The average Bonchev–Trinajstić information content (AvgIpc) is 3.26. The Morgan fingerprint density at radius 3 is 2.88 bits per heavy atom. The summed E-state index contributed by atoms with van der Waals surface area (Å²) in [5, 5.41) is 3.50. The van der Waals surface area contributed by atoms with Crippen LogP contribution in [0.4, 0.5) is 5.69 Å². The van der Waals surface area contributed by atoms with E-state index in [-0.39, 0.29) is 12.3 Å². The lowest BCUT2D eigenvalue weighted by atomic mass is 10.1. The summed E-state index contributed by atoms with van der Waals surface area (Å²) in [6, 6.07) is 14.9. The number of nitrogens with zero attached hydrogens (tertiary/aromatic N) is 1. The first-order chi connectivity index (χ1) is 12.6. The number of aromatic nitrogens is 2. The molecule has 2 aromatic carbocycles. The molecule has 0 unspecified atom stereocenters. The molecule has 0 aliphatic carbocycles.